The quantitative estimate of drug-likeness (QED) is 0.687. The zero-order chi connectivity index (χ0) is 23.9. The SMILES string of the molecule is CCOC(=O)c1ccc(N2N=C(C)[C@]3(Cc4ccccc4N4CCN(CCO)C[C@@H]43)C2=O)cc1. The first kappa shape index (κ1) is 22.6. The molecule has 2 aromatic rings. The van der Waals surface area contributed by atoms with Crippen molar-refractivity contribution in [3.8, 4) is 0 Å². The largest absolute Gasteiger partial charge is 0.462 e. The van der Waals surface area contributed by atoms with Crippen molar-refractivity contribution >= 4 is 29.0 Å². The van der Waals surface area contributed by atoms with Crippen molar-refractivity contribution in [3.63, 3.8) is 0 Å². The van der Waals surface area contributed by atoms with Gasteiger partial charge in [-0.05, 0) is 56.2 Å². The van der Waals surface area contributed by atoms with Crippen molar-refractivity contribution in [2.75, 3.05) is 49.3 Å². The number of hydrazone groups is 1. The Morgan fingerprint density at radius 1 is 1.18 bits per heavy atom. The molecule has 0 saturated carbocycles. The van der Waals surface area contributed by atoms with Crippen LogP contribution in [0.4, 0.5) is 11.4 Å². The Morgan fingerprint density at radius 3 is 2.68 bits per heavy atom. The molecule has 3 aliphatic heterocycles. The van der Waals surface area contributed by atoms with E-state index in [1.54, 1.807) is 31.2 Å². The molecule has 1 fully saturated rings. The highest BCUT2D eigenvalue weighted by Crippen LogP contribution is 2.48. The van der Waals surface area contributed by atoms with Crippen LogP contribution in [0.3, 0.4) is 0 Å². The Bertz CT molecular complexity index is 1130. The minimum absolute atomic E-state index is 0.0516. The molecule has 1 N–H and O–H groups in total. The molecule has 0 aromatic heterocycles. The fourth-order valence-electron chi connectivity index (χ4n) is 5.60. The van der Waals surface area contributed by atoms with Gasteiger partial charge < -0.3 is 14.7 Å². The lowest BCUT2D eigenvalue weighted by Gasteiger charge is -2.53. The average molecular weight is 463 g/mol. The third kappa shape index (κ3) is 3.49. The molecule has 1 spiro atoms. The van der Waals surface area contributed by atoms with Gasteiger partial charge in [-0.25, -0.2) is 4.79 Å². The van der Waals surface area contributed by atoms with E-state index in [1.807, 2.05) is 19.1 Å². The van der Waals surface area contributed by atoms with E-state index < -0.39 is 5.41 Å². The number of hydrogen-bond donors (Lipinski definition) is 1. The highest BCUT2D eigenvalue weighted by molar-refractivity contribution is 6.20. The number of carbonyl (C=O) groups is 2. The molecule has 8 nitrogen and oxygen atoms in total. The summed E-state index contributed by atoms with van der Waals surface area (Å²) in [5, 5.41) is 15.8. The number of carbonyl (C=O) groups excluding carboxylic acids is 2. The third-order valence-electron chi connectivity index (χ3n) is 7.31. The van der Waals surface area contributed by atoms with Gasteiger partial charge in [0.05, 0.1) is 36.2 Å². The van der Waals surface area contributed by atoms with Crippen LogP contribution in [-0.4, -0.2) is 73.0 Å². The summed E-state index contributed by atoms with van der Waals surface area (Å²) < 4.78 is 5.07. The monoisotopic (exact) mass is 462 g/mol. The number of para-hydroxylation sites is 1. The summed E-state index contributed by atoms with van der Waals surface area (Å²) in [6.07, 6.45) is 0.586. The number of rotatable bonds is 5. The molecule has 2 aromatic carbocycles. The van der Waals surface area contributed by atoms with Crippen molar-refractivity contribution in [2.24, 2.45) is 10.5 Å². The zero-order valence-electron chi connectivity index (χ0n) is 19.6. The van der Waals surface area contributed by atoms with E-state index in [4.69, 9.17) is 9.84 Å². The first-order chi connectivity index (χ1) is 16.5. The van der Waals surface area contributed by atoms with Crippen molar-refractivity contribution in [1.29, 1.82) is 0 Å². The number of aliphatic hydroxyl groups excluding tert-OH is 1. The molecule has 3 aliphatic rings. The number of nitrogens with zero attached hydrogens (tertiary/aromatic N) is 4. The Morgan fingerprint density at radius 2 is 1.94 bits per heavy atom. The number of β-amino-alcohol motifs (C(OH)–C–C–N with tert-alkyl or cyclic N) is 1. The van der Waals surface area contributed by atoms with Gasteiger partial charge in [-0.1, -0.05) is 18.2 Å². The van der Waals surface area contributed by atoms with E-state index in [0.29, 0.717) is 37.4 Å². The highest BCUT2D eigenvalue weighted by atomic mass is 16.5. The van der Waals surface area contributed by atoms with Gasteiger partial charge in [0.1, 0.15) is 5.41 Å². The van der Waals surface area contributed by atoms with Crippen LogP contribution >= 0.6 is 0 Å². The number of ether oxygens (including phenoxy) is 1. The van der Waals surface area contributed by atoms with E-state index in [2.05, 4.69) is 21.9 Å². The topological polar surface area (TPSA) is 85.7 Å². The van der Waals surface area contributed by atoms with E-state index >= 15 is 0 Å². The Balaban J connectivity index is 1.51. The highest BCUT2D eigenvalue weighted by Gasteiger charge is 2.59. The van der Waals surface area contributed by atoms with Crippen molar-refractivity contribution in [3.05, 3.63) is 59.7 Å². The van der Waals surface area contributed by atoms with Crippen molar-refractivity contribution in [1.82, 2.24) is 4.90 Å². The first-order valence-electron chi connectivity index (χ1n) is 11.8. The second kappa shape index (κ2) is 8.85. The van der Waals surface area contributed by atoms with E-state index in [-0.39, 0.29) is 24.5 Å². The van der Waals surface area contributed by atoms with E-state index in [0.717, 1.165) is 24.4 Å². The van der Waals surface area contributed by atoms with E-state index in [1.165, 1.54) is 10.7 Å². The predicted octanol–water partition coefficient (Wildman–Crippen LogP) is 2.31. The zero-order valence-corrected chi connectivity index (χ0v) is 19.6. The van der Waals surface area contributed by atoms with Crippen molar-refractivity contribution < 1.29 is 19.4 Å². The second-order valence-corrected chi connectivity index (χ2v) is 9.08. The van der Waals surface area contributed by atoms with Gasteiger partial charge in [-0.3, -0.25) is 9.69 Å². The molecule has 0 bridgehead atoms. The fourth-order valence-corrected chi connectivity index (χ4v) is 5.60. The van der Waals surface area contributed by atoms with Gasteiger partial charge in [0.25, 0.3) is 5.91 Å². The number of esters is 1. The van der Waals surface area contributed by atoms with Gasteiger partial charge in [-0.2, -0.15) is 10.1 Å². The number of amides is 1. The van der Waals surface area contributed by atoms with Gasteiger partial charge in [0.2, 0.25) is 0 Å². The standard InChI is InChI=1S/C26H30N4O4/c1-3-34-24(32)19-8-10-21(11-9-19)30-25(33)26(18(2)27-30)16-20-6-4-5-7-22(20)29-13-12-28(14-15-31)17-23(26)29/h4-11,23,31H,3,12-17H2,1-2H3/t23-,26+/m1/s1. The van der Waals surface area contributed by atoms with Crippen LogP contribution in [0.2, 0.25) is 0 Å². The molecule has 34 heavy (non-hydrogen) atoms. The summed E-state index contributed by atoms with van der Waals surface area (Å²) in [7, 11) is 0. The molecular formula is C26H30N4O4. The Kier molecular flexibility index (Phi) is 5.87. The molecule has 5 rings (SSSR count). The number of fused-ring (bicyclic) bond motifs is 4. The molecule has 1 saturated heterocycles. The van der Waals surface area contributed by atoms with Gasteiger partial charge in [0.15, 0.2) is 0 Å². The maximum Gasteiger partial charge on any atom is 0.338 e. The summed E-state index contributed by atoms with van der Waals surface area (Å²) in [6.45, 7) is 7.02. The summed E-state index contributed by atoms with van der Waals surface area (Å²) in [5.74, 6) is -0.437. The normalized spacial score (nSPS) is 24.1. The summed E-state index contributed by atoms with van der Waals surface area (Å²) in [6, 6.07) is 15.0. The number of piperazine rings is 1. The molecular weight excluding hydrogens is 432 g/mol. The van der Waals surface area contributed by atoms with Crippen LogP contribution in [0.1, 0.15) is 29.8 Å². The average Bonchev–Trinajstić information content (AvgIpc) is 3.10. The van der Waals surface area contributed by atoms with Crippen molar-refractivity contribution in [2.45, 2.75) is 26.3 Å². The molecule has 3 heterocycles. The molecule has 0 unspecified atom stereocenters. The van der Waals surface area contributed by atoms with Crippen LogP contribution in [-0.2, 0) is 16.0 Å². The summed E-state index contributed by atoms with van der Waals surface area (Å²) in [5.41, 5.74) is 3.40. The summed E-state index contributed by atoms with van der Waals surface area (Å²) >= 11 is 0. The molecule has 0 aliphatic carbocycles. The maximum atomic E-state index is 14.2. The van der Waals surface area contributed by atoms with Gasteiger partial charge in [0, 0.05) is 31.9 Å². The number of aliphatic hydroxyl groups is 1. The lowest BCUT2D eigenvalue weighted by atomic mass is 9.67. The van der Waals surface area contributed by atoms with Crippen LogP contribution in [0, 0.1) is 5.41 Å². The van der Waals surface area contributed by atoms with Crippen LogP contribution < -0.4 is 9.91 Å². The third-order valence-corrected chi connectivity index (χ3v) is 7.31. The van der Waals surface area contributed by atoms with Crippen LogP contribution in [0.25, 0.3) is 0 Å². The molecule has 1 amide bonds. The molecule has 2 atom stereocenters. The first-order valence-corrected chi connectivity index (χ1v) is 11.8. The van der Waals surface area contributed by atoms with Gasteiger partial charge >= 0.3 is 5.97 Å². The summed E-state index contributed by atoms with van der Waals surface area (Å²) in [4.78, 5) is 30.8. The van der Waals surface area contributed by atoms with E-state index in [9.17, 15) is 14.7 Å². The van der Waals surface area contributed by atoms with Gasteiger partial charge in [-0.15, -0.1) is 0 Å². The molecule has 8 heteroatoms. The Labute approximate surface area is 199 Å². The number of anilines is 2. The molecule has 178 valence electrons. The van der Waals surface area contributed by atoms with Crippen LogP contribution in [0.15, 0.2) is 53.6 Å². The van der Waals surface area contributed by atoms with Crippen LogP contribution in [0.5, 0.6) is 0 Å². The minimum atomic E-state index is -0.789. The smallest absolute Gasteiger partial charge is 0.338 e. The Hall–Kier alpha value is -3.23. The lowest BCUT2D eigenvalue weighted by molar-refractivity contribution is -0.125. The molecule has 0 radical (unpaired) electrons. The number of hydrogen-bond acceptors (Lipinski definition) is 7. The lowest BCUT2D eigenvalue weighted by Crippen LogP contribution is -2.67. The fraction of sp³-hybridized carbons (Fsp3) is 0.423. The minimum Gasteiger partial charge on any atom is -0.462 e. The second-order valence-electron chi connectivity index (χ2n) is 9.08. The number of benzene rings is 2. The predicted molar refractivity (Wildman–Crippen MR) is 130 cm³/mol. The maximum absolute atomic E-state index is 14.2.